The second kappa shape index (κ2) is 9.19. The van der Waals surface area contributed by atoms with E-state index in [4.69, 9.17) is 9.47 Å². The first-order valence-electron chi connectivity index (χ1n) is 7.08. The standard InChI is InChI=1S/C17H24O4/c1-13(2)14(3)20-11-12-21-16-8-5-15(6-9-16)7-10-17(18)19-4/h5-6,8-9,14H,1,7,10-12H2,2-4H3. The Balaban J connectivity index is 2.28. The van der Waals surface area contributed by atoms with Crippen molar-refractivity contribution in [2.24, 2.45) is 0 Å². The van der Waals surface area contributed by atoms with Crippen molar-refractivity contribution in [2.45, 2.75) is 32.8 Å². The lowest BCUT2D eigenvalue weighted by Crippen LogP contribution is -2.14. The van der Waals surface area contributed by atoms with Crippen molar-refractivity contribution >= 4 is 5.97 Å². The van der Waals surface area contributed by atoms with Crippen LogP contribution in [0.3, 0.4) is 0 Å². The fourth-order valence-electron chi connectivity index (χ4n) is 1.63. The summed E-state index contributed by atoms with van der Waals surface area (Å²) in [5.74, 6) is 0.600. The van der Waals surface area contributed by atoms with Crippen LogP contribution in [0.5, 0.6) is 5.75 Å². The largest absolute Gasteiger partial charge is 0.491 e. The van der Waals surface area contributed by atoms with Crippen LogP contribution in [0.1, 0.15) is 25.8 Å². The Labute approximate surface area is 126 Å². The van der Waals surface area contributed by atoms with Crippen LogP contribution in [-0.4, -0.2) is 32.4 Å². The molecule has 0 saturated heterocycles. The molecule has 4 heteroatoms. The van der Waals surface area contributed by atoms with Crippen LogP contribution >= 0.6 is 0 Å². The lowest BCUT2D eigenvalue weighted by molar-refractivity contribution is -0.140. The number of carbonyl (C=O) groups excluding carboxylic acids is 1. The lowest BCUT2D eigenvalue weighted by Gasteiger charge is -2.13. The van der Waals surface area contributed by atoms with E-state index in [1.165, 1.54) is 7.11 Å². The molecule has 0 fully saturated rings. The third kappa shape index (κ3) is 6.95. The molecule has 116 valence electrons. The van der Waals surface area contributed by atoms with Crippen molar-refractivity contribution in [1.29, 1.82) is 0 Å². The van der Waals surface area contributed by atoms with Gasteiger partial charge in [-0.1, -0.05) is 24.3 Å². The van der Waals surface area contributed by atoms with E-state index in [-0.39, 0.29) is 12.1 Å². The topological polar surface area (TPSA) is 44.8 Å². The van der Waals surface area contributed by atoms with Gasteiger partial charge in [0.1, 0.15) is 12.4 Å². The van der Waals surface area contributed by atoms with E-state index < -0.39 is 0 Å². The molecule has 0 saturated carbocycles. The lowest BCUT2D eigenvalue weighted by atomic mass is 10.1. The van der Waals surface area contributed by atoms with Crippen LogP contribution < -0.4 is 4.74 Å². The summed E-state index contributed by atoms with van der Waals surface area (Å²) in [7, 11) is 1.40. The van der Waals surface area contributed by atoms with Gasteiger partial charge in [0, 0.05) is 6.42 Å². The van der Waals surface area contributed by atoms with Crippen molar-refractivity contribution in [3.8, 4) is 5.75 Å². The Hall–Kier alpha value is -1.81. The molecule has 0 N–H and O–H groups in total. The molecule has 0 aliphatic carbocycles. The molecule has 21 heavy (non-hydrogen) atoms. The summed E-state index contributed by atoms with van der Waals surface area (Å²) in [6.45, 7) is 8.78. The average molecular weight is 292 g/mol. The first-order valence-corrected chi connectivity index (χ1v) is 7.08. The minimum Gasteiger partial charge on any atom is -0.491 e. The van der Waals surface area contributed by atoms with Crippen molar-refractivity contribution in [2.75, 3.05) is 20.3 Å². The Kier molecular flexibility index (Phi) is 7.54. The highest BCUT2D eigenvalue weighted by atomic mass is 16.5. The fourth-order valence-corrected chi connectivity index (χ4v) is 1.63. The van der Waals surface area contributed by atoms with E-state index in [1.807, 2.05) is 38.1 Å². The first-order chi connectivity index (χ1) is 10.0. The maximum Gasteiger partial charge on any atom is 0.305 e. The summed E-state index contributed by atoms with van der Waals surface area (Å²) in [6.07, 6.45) is 1.12. The number of esters is 1. The maximum atomic E-state index is 11.1. The zero-order valence-corrected chi connectivity index (χ0v) is 13.1. The minimum atomic E-state index is -0.195. The van der Waals surface area contributed by atoms with Gasteiger partial charge in [-0.15, -0.1) is 0 Å². The van der Waals surface area contributed by atoms with Gasteiger partial charge in [0.25, 0.3) is 0 Å². The normalized spacial score (nSPS) is 11.8. The number of rotatable bonds is 9. The van der Waals surface area contributed by atoms with Gasteiger partial charge in [0.2, 0.25) is 0 Å². The van der Waals surface area contributed by atoms with Crippen molar-refractivity contribution in [3.05, 3.63) is 42.0 Å². The SMILES string of the molecule is C=C(C)C(C)OCCOc1ccc(CCC(=O)OC)cc1. The molecule has 4 nitrogen and oxygen atoms in total. The number of hydrogen-bond donors (Lipinski definition) is 0. The number of benzene rings is 1. The number of methoxy groups -OCH3 is 1. The van der Waals surface area contributed by atoms with Crippen LogP contribution in [0.15, 0.2) is 36.4 Å². The summed E-state index contributed by atoms with van der Waals surface area (Å²) < 4.78 is 15.8. The molecule has 1 rings (SSSR count). The summed E-state index contributed by atoms with van der Waals surface area (Å²) in [5, 5.41) is 0. The molecule has 0 aliphatic heterocycles. The van der Waals surface area contributed by atoms with E-state index in [2.05, 4.69) is 11.3 Å². The molecule has 0 heterocycles. The van der Waals surface area contributed by atoms with Crippen molar-refractivity contribution in [3.63, 3.8) is 0 Å². The number of ether oxygens (including phenoxy) is 3. The molecule has 0 radical (unpaired) electrons. The monoisotopic (exact) mass is 292 g/mol. The van der Waals surface area contributed by atoms with Crippen LogP contribution in [0.25, 0.3) is 0 Å². The van der Waals surface area contributed by atoms with E-state index in [1.54, 1.807) is 0 Å². The second-order valence-electron chi connectivity index (χ2n) is 4.93. The molecule has 1 atom stereocenters. The molecule has 1 aromatic rings. The maximum absolute atomic E-state index is 11.1. The molecular formula is C17H24O4. The second-order valence-corrected chi connectivity index (χ2v) is 4.93. The summed E-state index contributed by atoms with van der Waals surface area (Å²) in [5.41, 5.74) is 2.09. The number of aryl methyl sites for hydroxylation is 1. The van der Waals surface area contributed by atoms with Gasteiger partial charge >= 0.3 is 5.97 Å². The molecule has 0 aromatic heterocycles. The van der Waals surface area contributed by atoms with E-state index >= 15 is 0 Å². The fraction of sp³-hybridized carbons (Fsp3) is 0.471. The van der Waals surface area contributed by atoms with Gasteiger partial charge in [-0.05, 0) is 38.0 Å². The zero-order valence-electron chi connectivity index (χ0n) is 13.1. The highest BCUT2D eigenvalue weighted by Gasteiger charge is 2.03. The van der Waals surface area contributed by atoms with E-state index in [0.717, 1.165) is 16.9 Å². The highest BCUT2D eigenvalue weighted by molar-refractivity contribution is 5.69. The molecule has 0 spiro atoms. The minimum absolute atomic E-state index is 0.0503. The van der Waals surface area contributed by atoms with Crippen LogP contribution in [0, 0.1) is 0 Å². The van der Waals surface area contributed by atoms with E-state index in [9.17, 15) is 4.79 Å². The Morgan fingerprint density at radius 1 is 1.24 bits per heavy atom. The number of carbonyl (C=O) groups is 1. The smallest absolute Gasteiger partial charge is 0.305 e. The van der Waals surface area contributed by atoms with Gasteiger partial charge in [-0.2, -0.15) is 0 Å². The average Bonchev–Trinajstić information content (AvgIpc) is 2.49. The van der Waals surface area contributed by atoms with Crippen LogP contribution in [0.2, 0.25) is 0 Å². The van der Waals surface area contributed by atoms with Gasteiger partial charge < -0.3 is 14.2 Å². The van der Waals surface area contributed by atoms with Crippen LogP contribution in [-0.2, 0) is 20.7 Å². The number of hydrogen-bond acceptors (Lipinski definition) is 4. The van der Waals surface area contributed by atoms with Crippen molar-refractivity contribution < 1.29 is 19.0 Å². The third-order valence-corrected chi connectivity index (χ3v) is 3.18. The quantitative estimate of drug-likeness (QED) is 0.398. The van der Waals surface area contributed by atoms with Crippen LogP contribution in [0.4, 0.5) is 0 Å². The Morgan fingerprint density at radius 2 is 1.90 bits per heavy atom. The molecule has 1 aromatic carbocycles. The predicted molar refractivity (Wildman–Crippen MR) is 82.5 cm³/mol. The summed E-state index contributed by atoms with van der Waals surface area (Å²) >= 11 is 0. The van der Waals surface area contributed by atoms with Crippen molar-refractivity contribution in [1.82, 2.24) is 0 Å². The van der Waals surface area contributed by atoms with Gasteiger partial charge in [0.15, 0.2) is 0 Å². The van der Waals surface area contributed by atoms with Gasteiger partial charge in [-0.25, -0.2) is 0 Å². The first kappa shape index (κ1) is 17.2. The molecule has 0 aliphatic rings. The molecular weight excluding hydrogens is 268 g/mol. The molecule has 0 bridgehead atoms. The molecule has 0 amide bonds. The van der Waals surface area contributed by atoms with Gasteiger partial charge in [-0.3, -0.25) is 4.79 Å². The Morgan fingerprint density at radius 3 is 2.48 bits per heavy atom. The zero-order chi connectivity index (χ0) is 15.7. The summed E-state index contributed by atoms with van der Waals surface area (Å²) in [6, 6.07) is 7.70. The Bertz CT molecular complexity index is 450. The van der Waals surface area contributed by atoms with E-state index in [0.29, 0.717) is 26.1 Å². The van der Waals surface area contributed by atoms with Gasteiger partial charge in [0.05, 0.1) is 19.8 Å². The predicted octanol–water partition coefficient (Wildman–Crippen LogP) is 3.15. The highest BCUT2D eigenvalue weighted by Crippen LogP contribution is 2.13. The summed E-state index contributed by atoms with van der Waals surface area (Å²) in [4.78, 5) is 11.1. The molecule has 1 unspecified atom stereocenters. The third-order valence-electron chi connectivity index (χ3n) is 3.18.